The van der Waals surface area contributed by atoms with Crippen molar-refractivity contribution in [2.24, 2.45) is 0 Å². The molecule has 0 saturated carbocycles. The molecule has 6 aromatic carbocycles. The first-order chi connectivity index (χ1) is 21.8. The molecule has 0 atom stereocenters. The van der Waals surface area contributed by atoms with Gasteiger partial charge in [0.2, 0.25) is 0 Å². The van der Waals surface area contributed by atoms with Gasteiger partial charge in [-0.05, 0) is 70.3 Å². The summed E-state index contributed by atoms with van der Waals surface area (Å²) in [7, 11) is 0. The molecule has 3 aromatic heterocycles. The van der Waals surface area contributed by atoms with Crippen LogP contribution in [0.5, 0.6) is 0 Å². The smallest absolute Gasteiger partial charge is 0.144 e. The number of nitrogens with zero attached hydrogens (tertiary/aromatic N) is 1. The van der Waals surface area contributed by atoms with Gasteiger partial charge in [-0.15, -0.1) is 0 Å². The number of furan rings is 2. The lowest BCUT2D eigenvalue weighted by Crippen LogP contribution is -1.86. The fourth-order valence-electron chi connectivity index (χ4n) is 6.41. The Morgan fingerprint density at radius 3 is 1.59 bits per heavy atom. The highest BCUT2D eigenvalue weighted by atomic mass is 16.3. The van der Waals surface area contributed by atoms with Crippen molar-refractivity contribution in [1.29, 1.82) is 0 Å². The van der Waals surface area contributed by atoms with Crippen LogP contribution in [0.25, 0.3) is 88.5 Å². The predicted molar refractivity (Wildman–Crippen MR) is 181 cm³/mol. The Labute approximate surface area is 253 Å². The highest BCUT2D eigenvalue weighted by Gasteiger charge is 2.22. The second-order valence-electron chi connectivity index (χ2n) is 11.2. The summed E-state index contributed by atoms with van der Waals surface area (Å²) in [6, 6.07) is 50.5. The van der Waals surface area contributed by atoms with E-state index in [4.69, 9.17) is 8.83 Å². The third kappa shape index (κ3) is 3.94. The van der Waals surface area contributed by atoms with Crippen molar-refractivity contribution < 1.29 is 8.83 Å². The summed E-state index contributed by atoms with van der Waals surface area (Å²) in [6.07, 6.45) is 1.87. The van der Waals surface area contributed by atoms with Gasteiger partial charge in [0, 0.05) is 38.9 Å². The van der Waals surface area contributed by atoms with Gasteiger partial charge in [-0.3, -0.25) is 4.98 Å². The molecule has 0 amide bonds. The number of benzene rings is 6. The number of rotatable bonds is 4. The van der Waals surface area contributed by atoms with Crippen molar-refractivity contribution in [2.45, 2.75) is 0 Å². The van der Waals surface area contributed by atoms with Crippen LogP contribution in [0.4, 0.5) is 0 Å². The van der Waals surface area contributed by atoms with E-state index in [1.165, 1.54) is 11.1 Å². The van der Waals surface area contributed by atoms with Crippen LogP contribution in [0.3, 0.4) is 0 Å². The highest BCUT2D eigenvalue weighted by molar-refractivity contribution is 6.28. The topological polar surface area (TPSA) is 39.2 Å². The Bertz CT molecular complexity index is 2470. The van der Waals surface area contributed by atoms with Crippen LogP contribution in [0.2, 0.25) is 0 Å². The summed E-state index contributed by atoms with van der Waals surface area (Å²) in [4.78, 5) is 4.68. The second kappa shape index (κ2) is 9.82. The maximum atomic E-state index is 6.75. The van der Waals surface area contributed by atoms with Crippen LogP contribution in [0, 0.1) is 0 Å². The van der Waals surface area contributed by atoms with E-state index in [1.807, 2.05) is 42.6 Å². The summed E-state index contributed by atoms with van der Waals surface area (Å²) in [6.45, 7) is 0. The molecule has 0 aliphatic rings. The predicted octanol–water partition coefficient (Wildman–Crippen LogP) is 11.5. The SMILES string of the molecule is c1ccc(-c2ccc3oc4cc(-c5ccnc(-c6ccccc6)c5)c5oc6ccc(-c7ccccc7)cc6c5c4c3c2)cc1. The molecule has 3 heterocycles. The van der Waals surface area contributed by atoms with Crippen LogP contribution in [0.15, 0.2) is 161 Å². The van der Waals surface area contributed by atoms with Crippen LogP contribution < -0.4 is 0 Å². The number of hydrogen-bond acceptors (Lipinski definition) is 3. The lowest BCUT2D eigenvalue weighted by molar-refractivity contribution is 0.664. The number of aromatic nitrogens is 1. The molecule has 0 aliphatic carbocycles. The monoisotopic (exact) mass is 563 g/mol. The van der Waals surface area contributed by atoms with Crippen LogP contribution >= 0.6 is 0 Å². The van der Waals surface area contributed by atoms with Gasteiger partial charge < -0.3 is 8.83 Å². The van der Waals surface area contributed by atoms with E-state index in [0.29, 0.717) is 0 Å². The lowest BCUT2D eigenvalue weighted by Gasteiger charge is -2.07. The lowest BCUT2D eigenvalue weighted by atomic mass is 9.95. The first kappa shape index (κ1) is 24.6. The quantitative estimate of drug-likeness (QED) is 0.214. The molecule has 0 N–H and O–H groups in total. The zero-order valence-electron chi connectivity index (χ0n) is 23.7. The summed E-state index contributed by atoms with van der Waals surface area (Å²) in [5, 5.41) is 4.27. The maximum absolute atomic E-state index is 6.75. The van der Waals surface area contributed by atoms with Crippen LogP contribution in [-0.4, -0.2) is 4.98 Å². The zero-order chi connectivity index (χ0) is 29.0. The highest BCUT2D eigenvalue weighted by Crippen LogP contribution is 2.46. The van der Waals surface area contributed by atoms with Crippen molar-refractivity contribution in [2.75, 3.05) is 0 Å². The van der Waals surface area contributed by atoms with Crippen molar-refractivity contribution in [3.8, 4) is 44.6 Å². The van der Waals surface area contributed by atoms with Crippen molar-refractivity contribution in [3.63, 3.8) is 0 Å². The summed E-state index contributed by atoms with van der Waals surface area (Å²) < 4.78 is 13.4. The van der Waals surface area contributed by atoms with Gasteiger partial charge in [-0.25, -0.2) is 0 Å². The summed E-state index contributed by atoms with van der Waals surface area (Å²) >= 11 is 0. The average Bonchev–Trinajstić information content (AvgIpc) is 3.66. The zero-order valence-corrected chi connectivity index (χ0v) is 23.7. The fraction of sp³-hybridized carbons (Fsp3) is 0. The van der Waals surface area contributed by atoms with Crippen molar-refractivity contribution in [1.82, 2.24) is 4.98 Å². The Hall–Kier alpha value is -5.93. The van der Waals surface area contributed by atoms with Crippen molar-refractivity contribution >= 4 is 43.9 Å². The van der Waals surface area contributed by atoms with E-state index in [1.54, 1.807) is 0 Å². The average molecular weight is 564 g/mol. The molecule has 0 saturated heterocycles. The minimum atomic E-state index is 0.832. The normalized spacial score (nSPS) is 11.6. The van der Waals surface area contributed by atoms with E-state index in [-0.39, 0.29) is 0 Å². The largest absolute Gasteiger partial charge is 0.456 e. The number of fused-ring (bicyclic) bond motifs is 7. The first-order valence-electron chi connectivity index (χ1n) is 14.8. The third-order valence-corrected chi connectivity index (χ3v) is 8.53. The molecule has 3 nitrogen and oxygen atoms in total. The van der Waals surface area contributed by atoms with E-state index >= 15 is 0 Å². The van der Waals surface area contributed by atoms with Gasteiger partial charge in [0.25, 0.3) is 0 Å². The molecule has 0 aliphatic heterocycles. The maximum Gasteiger partial charge on any atom is 0.144 e. The molecular formula is C41H25NO2. The first-order valence-corrected chi connectivity index (χ1v) is 14.8. The summed E-state index contributed by atoms with van der Waals surface area (Å²) in [5.74, 6) is 0. The molecule has 9 rings (SSSR count). The molecule has 0 bridgehead atoms. The second-order valence-corrected chi connectivity index (χ2v) is 11.2. The van der Waals surface area contributed by atoms with Gasteiger partial charge in [-0.2, -0.15) is 0 Å². The molecule has 9 aromatic rings. The summed E-state index contributed by atoms with van der Waals surface area (Å²) in [5.41, 5.74) is 12.0. The molecule has 206 valence electrons. The number of pyridine rings is 1. The molecule has 0 fully saturated rings. The van der Waals surface area contributed by atoms with Gasteiger partial charge in [0.15, 0.2) is 0 Å². The molecule has 0 spiro atoms. The van der Waals surface area contributed by atoms with E-state index in [2.05, 4.69) is 114 Å². The molecule has 0 radical (unpaired) electrons. The van der Waals surface area contributed by atoms with Gasteiger partial charge in [0.1, 0.15) is 22.3 Å². The van der Waals surface area contributed by atoms with E-state index in [0.717, 1.165) is 77.4 Å². The minimum Gasteiger partial charge on any atom is -0.456 e. The van der Waals surface area contributed by atoms with Crippen LogP contribution in [-0.2, 0) is 0 Å². The van der Waals surface area contributed by atoms with E-state index < -0.39 is 0 Å². The Morgan fingerprint density at radius 1 is 0.386 bits per heavy atom. The fourth-order valence-corrected chi connectivity index (χ4v) is 6.41. The van der Waals surface area contributed by atoms with Gasteiger partial charge in [0.05, 0.1) is 5.69 Å². The molecular weight excluding hydrogens is 538 g/mol. The number of hydrogen-bond donors (Lipinski definition) is 0. The standard InChI is InChI=1S/C41H25NO2/c1-4-10-26(11-5-1)29-16-18-36-33(22-29)39-38(43-36)25-32(31-20-21-42-35(24-31)28-14-8-3-9-15-28)41-40(39)34-23-30(17-19-37(34)44-41)27-12-6-2-7-13-27/h1-25H. The van der Waals surface area contributed by atoms with Crippen LogP contribution in [0.1, 0.15) is 0 Å². The van der Waals surface area contributed by atoms with E-state index in [9.17, 15) is 0 Å². The minimum absolute atomic E-state index is 0.832. The Morgan fingerprint density at radius 2 is 0.955 bits per heavy atom. The van der Waals surface area contributed by atoms with Gasteiger partial charge >= 0.3 is 0 Å². The van der Waals surface area contributed by atoms with Gasteiger partial charge in [-0.1, -0.05) is 103 Å². The Balaban J connectivity index is 1.37. The molecule has 44 heavy (non-hydrogen) atoms. The molecule has 3 heteroatoms. The third-order valence-electron chi connectivity index (χ3n) is 8.53. The molecule has 0 unspecified atom stereocenters. The van der Waals surface area contributed by atoms with Crippen molar-refractivity contribution in [3.05, 3.63) is 152 Å². The Kier molecular flexibility index (Phi) is 5.50.